The number of benzene rings is 3. The molecule has 0 saturated carbocycles. The molecule has 0 fully saturated rings. The van der Waals surface area contributed by atoms with Crippen LogP contribution in [0.4, 0.5) is 27.7 Å². The van der Waals surface area contributed by atoms with E-state index in [0.29, 0.717) is 11.5 Å². The molecule has 5 rings (SSSR count). The number of nitrogens with one attached hydrogen (secondary N) is 4. The number of aryl methyl sites for hydroxylation is 1. The van der Waals surface area contributed by atoms with Gasteiger partial charge in [0.15, 0.2) is 5.82 Å². The summed E-state index contributed by atoms with van der Waals surface area (Å²) in [6.45, 7) is 1.98. The van der Waals surface area contributed by atoms with E-state index in [0.717, 1.165) is 44.5 Å². The number of nitrogens with zero attached hydrogens (tertiary/aromatic N) is 2. The first-order valence-electron chi connectivity index (χ1n) is 10.4. The number of carbonyl (C=O) groups excluding carboxylic acids is 1. The number of ether oxygens (including phenoxy) is 1. The number of carbonyl (C=O) groups is 1. The van der Waals surface area contributed by atoms with Gasteiger partial charge < -0.3 is 20.7 Å². The summed E-state index contributed by atoms with van der Waals surface area (Å²) in [7, 11) is 1.64. The first kappa shape index (κ1) is 20.3. The van der Waals surface area contributed by atoms with Crippen LogP contribution in [0, 0.1) is 6.92 Å². The summed E-state index contributed by atoms with van der Waals surface area (Å²) in [5.41, 5.74) is 4.89. The molecule has 0 unspecified atom stereocenters. The van der Waals surface area contributed by atoms with Crippen molar-refractivity contribution in [1.82, 2.24) is 15.2 Å². The maximum Gasteiger partial charge on any atom is 0.323 e. The number of amides is 2. The third-order valence-corrected chi connectivity index (χ3v) is 5.27. The number of hydrogen-bond donors (Lipinski definition) is 4. The molecule has 0 aliphatic carbocycles. The number of fused-ring (bicyclic) bond motifs is 3. The predicted octanol–water partition coefficient (Wildman–Crippen LogP) is 5.82. The molecule has 0 saturated heterocycles. The van der Waals surface area contributed by atoms with Crippen molar-refractivity contribution < 1.29 is 9.53 Å². The van der Waals surface area contributed by atoms with Crippen molar-refractivity contribution in [2.45, 2.75) is 6.92 Å². The minimum Gasteiger partial charge on any atom is -0.497 e. The lowest BCUT2D eigenvalue weighted by atomic mass is 10.1. The molecular weight excluding hydrogens is 416 g/mol. The smallest absolute Gasteiger partial charge is 0.323 e. The van der Waals surface area contributed by atoms with Crippen molar-refractivity contribution in [3.05, 3.63) is 78.5 Å². The Morgan fingerprint density at radius 1 is 0.909 bits per heavy atom. The molecule has 5 aromatic rings. The highest BCUT2D eigenvalue weighted by Gasteiger charge is 2.12. The molecule has 2 heterocycles. The highest BCUT2D eigenvalue weighted by Crippen LogP contribution is 2.31. The second-order valence-electron chi connectivity index (χ2n) is 7.64. The number of anilines is 4. The van der Waals surface area contributed by atoms with Gasteiger partial charge in [0.1, 0.15) is 11.3 Å². The molecule has 0 atom stereocenters. The van der Waals surface area contributed by atoms with Crippen LogP contribution in [-0.2, 0) is 0 Å². The third kappa shape index (κ3) is 4.27. The van der Waals surface area contributed by atoms with Crippen LogP contribution in [-0.4, -0.2) is 28.3 Å². The van der Waals surface area contributed by atoms with E-state index < -0.39 is 0 Å². The van der Waals surface area contributed by atoms with Gasteiger partial charge in [0.25, 0.3) is 0 Å². The fraction of sp³-hybridized carbons (Fsp3) is 0.0800. The van der Waals surface area contributed by atoms with Gasteiger partial charge in [-0.1, -0.05) is 12.1 Å². The van der Waals surface area contributed by atoms with E-state index in [-0.39, 0.29) is 6.03 Å². The summed E-state index contributed by atoms with van der Waals surface area (Å²) in [4.78, 5) is 17.0. The predicted molar refractivity (Wildman–Crippen MR) is 131 cm³/mol. The fourth-order valence-electron chi connectivity index (χ4n) is 3.68. The van der Waals surface area contributed by atoms with E-state index >= 15 is 0 Å². The van der Waals surface area contributed by atoms with Crippen LogP contribution in [0.25, 0.3) is 21.8 Å². The molecule has 33 heavy (non-hydrogen) atoms. The summed E-state index contributed by atoms with van der Waals surface area (Å²) in [6, 6.07) is 20.5. The van der Waals surface area contributed by atoms with Gasteiger partial charge in [-0.3, -0.25) is 5.10 Å². The van der Waals surface area contributed by atoms with Gasteiger partial charge >= 0.3 is 6.03 Å². The quantitative estimate of drug-likeness (QED) is 0.277. The molecule has 2 aromatic heterocycles. The third-order valence-electron chi connectivity index (χ3n) is 5.27. The van der Waals surface area contributed by atoms with Gasteiger partial charge in [0.05, 0.1) is 12.6 Å². The number of aromatic amines is 1. The van der Waals surface area contributed by atoms with E-state index in [4.69, 9.17) is 9.72 Å². The van der Waals surface area contributed by atoms with Gasteiger partial charge in [-0.25, -0.2) is 9.78 Å². The number of pyridine rings is 1. The molecule has 164 valence electrons. The Kier molecular flexibility index (Phi) is 5.24. The Hall–Kier alpha value is -4.59. The average Bonchev–Trinajstić information content (AvgIpc) is 3.31. The summed E-state index contributed by atoms with van der Waals surface area (Å²) in [5, 5.41) is 18.2. The Morgan fingerprint density at radius 3 is 2.48 bits per heavy atom. The molecule has 2 amide bonds. The summed E-state index contributed by atoms with van der Waals surface area (Å²) < 4.78 is 5.34. The minimum atomic E-state index is -0.300. The van der Waals surface area contributed by atoms with Gasteiger partial charge in [-0.15, -0.1) is 0 Å². The van der Waals surface area contributed by atoms with Crippen LogP contribution in [0.15, 0.2) is 72.9 Å². The standard InChI is InChI=1S/C25H22N6O2/c1-15-4-3-5-18(12-15)29-25(32)28-17-8-6-16(7-9-17)27-24-23-21(14-26-31-23)20-13-19(33-2)10-11-22(20)30-24/h3-14H,1-2H3,(H,26,31)(H,27,30)(H2,28,29,32). The first-order valence-corrected chi connectivity index (χ1v) is 10.4. The van der Waals surface area contributed by atoms with Gasteiger partial charge in [-0.2, -0.15) is 5.10 Å². The maximum atomic E-state index is 12.3. The van der Waals surface area contributed by atoms with Gasteiger partial charge in [0.2, 0.25) is 0 Å². The number of H-pyrrole nitrogens is 1. The largest absolute Gasteiger partial charge is 0.497 e. The second kappa shape index (κ2) is 8.51. The molecule has 8 heteroatoms. The summed E-state index contributed by atoms with van der Waals surface area (Å²) >= 11 is 0. The topological polar surface area (TPSA) is 104 Å². The van der Waals surface area contributed by atoms with Crippen LogP contribution in [0.5, 0.6) is 5.75 Å². The number of aromatic nitrogens is 3. The van der Waals surface area contributed by atoms with Gasteiger partial charge in [-0.05, 0) is 67.1 Å². The Morgan fingerprint density at radius 2 is 1.70 bits per heavy atom. The van der Waals surface area contributed by atoms with E-state index in [1.807, 2.05) is 79.9 Å². The van der Waals surface area contributed by atoms with Crippen LogP contribution in [0.2, 0.25) is 0 Å². The molecule has 3 aromatic carbocycles. The normalized spacial score (nSPS) is 10.8. The Bertz CT molecular complexity index is 1460. The zero-order valence-electron chi connectivity index (χ0n) is 18.1. The number of urea groups is 1. The van der Waals surface area contributed by atoms with Crippen molar-refractivity contribution in [3.8, 4) is 5.75 Å². The molecule has 8 nitrogen and oxygen atoms in total. The van der Waals surface area contributed by atoms with Crippen molar-refractivity contribution in [3.63, 3.8) is 0 Å². The van der Waals surface area contributed by atoms with Gasteiger partial charge in [0, 0.05) is 34.0 Å². The average molecular weight is 438 g/mol. The van der Waals surface area contributed by atoms with Crippen LogP contribution >= 0.6 is 0 Å². The maximum absolute atomic E-state index is 12.3. The molecule has 0 aliphatic rings. The van der Waals surface area contributed by atoms with E-state index in [1.165, 1.54) is 0 Å². The van der Waals surface area contributed by atoms with E-state index in [9.17, 15) is 4.79 Å². The van der Waals surface area contributed by atoms with E-state index in [1.54, 1.807) is 7.11 Å². The van der Waals surface area contributed by atoms with Crippen molar-refractivity contribution in [2.75, 3.05) is 23.1 Å². The Balaban J connectivity index is 1.33. The molecule has 4 N–H and O–H groups in total. The fourth-order valence-corrected chi connectivity index (χ4v) is 3.68. The molecule has 0 spiro atoms. The van der Waals surface area contributed by atoms with Crippen LogP contribution < -0.4 is 20.7 Å². The zero-order chi connectivity index (χ0) is 22.8. The lowest BCUT2D eigenvalue weighted by Gasteiger charge is -2.11. The summed E-state index contributed by atoms with van der Waals surface area (Å²) in [5.74, 6) is 1.41. The Labute approximate surface area is 190 Å². The highest BCUT2D eigenvalue weighted by atomic mass is 16.5. The molecule has 0 aliphatic heterocycles. The monoisotopic (exact) mass is 438 g/mol. The second-order valence-corrected chi connectivity index (χ2v) is 7.64. The van der Waals surface area contributed by atoms with Crippen molar-refractivity contribution >= 4 is 50.7 Å². The van der Waals surface area contributed by atoms with Crippen molar-refractivity contribution in [2.24, 2.45) is 0 Å². The van der Waals surface area contributed by atoms with E-state index in [2.05, 4.69) is 26.1 Å². The first-order chi connectivity index (χ1) is 16.1. The van der Waals surface area contributed by atoms with Crippen LogP contribution in [0.1, 0.15) is 5.56 Å². The lowest BCUT2D eigenvalue weighted by molar-refractivity contribution is 0.262. The minimum absolute atomic E-state index is 0.300. The zero-order valence-corrected chi connectivity index (χ0v) is 18.1. The SMILES string of the molecule is COc1ccc2nc(Nc3ccc(NC(=O)Nc4cccc(C)c4)cc3)c3n[nH]cc3c2c1. The summed E-state index contributed by atoms with van der Waals surface area (Å²) in [6.07, 6.45) is 1.85. The number of methoxy groups -OCH3 is 1. The molecule has 0 radical (unpaired) electrons. The van der Waals surface area contributed by atoms with Crippen molar-refractivity contribution in [1.29, 1.82) is 0 Å². The van der Waals surface area contributed by atoms with Crippen LogP contribution in [0.3, 0.4) is 0 Å². The number of rotatable bonds is 5. The number of hydrogen-bond acceptors (Lipinski definition) is 5. The lowest BCUT2D eigenvalue weighted by Crippen LogP contribution is -2.19. The highest BCUT2D eigenvalue weighted by molar-refractivity contribution is 6.09. The molecular formula is C25H22N6O2. The molecule has 0 bridgehead atoms.